The lowest BCUT2D eigenvalue weighted by atomic mass is 10.1. The molecule has 94 valence electrons. The molecule has 1 fully saturated rings. The van der Waals surface area contributed by atoms with Crippen LogP contribution in [0.4, 0.5) is 5.69 Å². The minimum Gasteiger partial charge on any atom is -0.326 e. The summed E-state index contributed by atoms with van der Waals surface area (Å²) < 4.78 is 0. The van der Waals surface area contributed by atoms with Crippen molar-refractivity contribution in [2.45, 2.75) is 25.8 Å². The molecule has 0 unspecified atom stereocenters. The molecule has 0 saturated heterocycles. The van der Waals surface area contributed by atoms with Gasteiger partial charge in [0, 0.05) is 18.7 Å². The first-order chi connectivity index (χ1) is 7.79. The van der Waals surface area contributed by atoms with Crippen molar-refractivity contribution in [2.24, 2.45) is 5.92 Å². The maximum atomic E-state index is 11.7. The van der Waals surface area contributed by atoms with Gasteiger partial charge in [-0.3, -0.25) is 4.79 Å². The quantitative estimate of drug-likeness (QED) is 0.848. The summed E-state index contributed by atoms with van der Waals surface area (Å²) in [7, 11) is 1.91. The highest BCUT2D eigenvalue weighted by Crippen LogP contribution is 2.32. The lowest BCUT2D eigenvalue weighted by Crippen LogP contribution is -2.15. The van der Waals surface area contributed by atoms with E-state index in [1.54, 1.807) is 0 Å². The van der Waals surface area contributed by atoms with Crippen molar-refractivity contribution in [1.82, 2.24) is 5.32 Å². The zero-order valence-corrected chi connectivity index (χ0v) is 10.8. The van der Waals surface area contributed by atoms with Gasteiger partial charge in [0.05, 0.1) is 0 Å². The fourth-order valence-corrected chi connectivity index (χ4v) is 1.77. The van der Waals surface area contributed by atoms with Gasteiger partial charge in [-0.15, -0.1) is 12.4 Å². The maximum Gasteiger partial charge on any atom is 0.224 e. The molecule has 17 heavy (non-hydrogen) atoms. The number of hydrogen-bond donors (Lipinski definition) is 2. The van der Waals surface area contributed by atoms with Crippen LogP contribution in [-0.4, -0.2) is 13.0 Å². The number of anilines is 1. The van der Waals surface area contributed by atoms with Crippen LogP contribution in [0, 0.1) is 5.92 Å². The van der Waals surface area contributed by atoms with Gasteiger partial charge >= 0.3 is 0 Å². The van der Waals surface area contributed by atoms with Crippen molar-refractivity contribution in [3.63, 3.8) is 0 Å². The number of halogens is 1. The third kappa shape index (κ3) is 4.36. The van der Waals surface area contributed by atoms with Crippen molar-refractivity contribution < 1.29 is 4.79 Å². The van der Waals surface area contributed by atoms with E-state index < -0.39 is 0 Å². The van der Waals surface area contributed by atoms with Gasteiger partial charge in [-0.2, -0.15) is 0 Å². The van der Waals surface area contributed by atoms with Crippen LogP contribution in [0.3, 0.4) is 0 Å². The van der Waals surface area contributed by atoms with Gasteiger partial charge in [-0.05, 0) is 37.4 Å². The number of rotatable bonds is 5. The molecule has 0 aromatic heterocycles. The molecule has 0 spiro atoms. The molecule has 1 saturated carbocycles. The molecule has 1 aliphatic carbocycles. The molecule has 1 aromatic carbocycles. The Bertz CT molecular complexity index is 377. The van der Waals surface area contributed by atoms with Gasteiger partial charge in [-0.25, -0.2) is 0 Å². The number of para-hydroxylation sites is 1. The van der Waals surface area contributed by atoms with Crippen molar-refractivity contribution in [3.05, 3.63) is 29.8 Å². The number of benzene rings is 1. The Labute approximate surface area is 108 Å². The SMILES string of the molecule is CNCc1ccccc1NC(=O)CC1CC1.Cl. The molecule has 0 bridgehead atoms. The summed E-state index contributed by atoms with van der Waals surface area (Å²) in [6, 6.07) is 7.93. The predicted octanol–water partition coefficient (Wildman–Crippen LogP) is 2.57. The first-order valence-corrected chi connectivity index (χ1v) is 5.82. The second-order valence-electron chi connectivity index (χ2n) is 4.38. The van der Waals surface area contributed by atoms with E-state index in [1.807, 2.05) is 31.3 Å². The Morgan fingerprint density at radius 2 is 2.06 bits per heavy atom. The number of amides is 1. The van der Waals surface area contributed by atoms with Crippen LogP contribution >= 0.6 is 12.4 Å². The number of carbonyl (C=O) groups excluding carboxylic acids is 1. The average Bonchev–Trinajstić information content (AvgIpc) is 3.05. The normalized spacial score (nSPS) is 13.9. The van der Waals surface area contributed by atoms with E-state index in [9.17, 15) is 4.79 Å². The van der Waals surface area contributed by atoms with Crippen LogP contribution < -0.4 is 10.6 Å². The monoisotopic (exact) mass is 254 g/mol. The van der Waals surface area contributed by atoms with E-state index in [0.717, 1.165) is 17.8 Å². The van der Waals surface area contributed by atoms with Gasteiger partial charge < -0.3 is 10.6 Å². The van der Waals surface area contributed by atoms with Crippen molar-refractivity contribution >= 4 is 24.0 Å². The standard InChI is InChI=1S/C13H18N2O.ClH/c1-14-9-11-4-2-3-5-12(11)15-13(16)8-10-6-7-10;/h2-5,10,14H,6-9H2,1H3,(H,15,16);1H. The van der Waals surface area contributed by atoms with Crippen molar-refractivity contribution in [3.8, 4) is 0 Å². The summed E-state index contributed by atoms with van der Waals surface area (Å²) in [4.78, 5) is 11.7. The summed E-state index contributed by atoms with van der Waals surface area (Å²) >= 11 is 0. The molecule has 0 radical (unpaired) electrons. The highest BCUT2D eigenvalue weighted by atomic mass is 35.5. The third-order valence-corrected chi connectivity index (χ3v) is 2.83. The summed E-state index contributed by atoms with van der Waals surface area (Å²) in [6.07, 6.45) is 3.10. The molecule has 2 N–H and O–H groups in total. The fraction of sp³-hybridized carbons (Fsp3) is 0.462. The number of nitrogens with one attached hydrogen (secondary N) is 2. The molecule has 0 aliphatic heterocycles. The van der Waals surface area contributed by atoms with Crippen LogP contribution in [0.15, 0.2) is 24.3 Å². The smallest absolute Gasteiger partial charge is 0.224 e. The first-order valence-electron chi connectivity index (χ1n) is 5.82. The second kappa shape index (κ2) is 6.62. The van der Waals surface area contributed by atoms with E-state index in [-0.39, 0.29) is 18.3 Å². The Morgan fingerprint density at radius 1 is 1.35 bits per heavy atom. The first kappa shape index (κ1) is 14.0. The predicted molar refractivity (Wildman–Crippen MR) is 72.4 cm³/mol. The molecular weight excluding hydrogens is 236 g/mol. The van der Waals surface area contributed by atoms with Crippen LogP contribution in [0.5, 0.6) is 0 Å². The summed E-state index contributed by atoms with van der Waals surface area (Å²) in [5, 5.41) is 6.09. The molecule has 1 aliphatic rings. The largest absolute Gasteiger partial charge is 0.326 e. The Kier molecular flexibility index (Phi) is 5.45. The number of hydrogen-bond acceptors (Lipinski definition) is 2. The van der Waals surface area contributed by atoms with E-state index in [4.69, 9.17) is 0 Å². The van der Waals surface area contributed by atoms with Gasteiger partial charge in [0.1, 0.15) is 0 Å². The molecule has 1 amide bonds. The summed E-state index contributed by atoms with van der Waals surface area (Å²) in [5.74, 6) is 0.780. The van der Waals surface area contributed by atoms with E-state index in [2.05, 4.69) is 10.6 Å². The van der Waals surface area contributed by atoms with Gasteiger partial charge in [0.15, 0.2) is 0 Å². The van der Waals surface area contributed by atoms with Gasteiger partial charge in [-0.1, -0.05) is 18.2 Å². The van der Waals surface area contributed by atoms with Crippen LogP contribution in [0.25, 0.3) is 0 Å². The van der Waals surface area contributed by atoms with Gasteiger partial charge in [0.25, 0.3) is 0 Å². The van der Waals surface area contributed by atoms with E-state index >= 15 is 0 Å². The maximum absolute atomic E-state index is 11.7. The van der Waals surface area contributed by atoms with Gasteiger partial charge in [0.2, 0.25) is 5.91 Å². The van der Waals surface area contributed by atoms with Crippen LogP contribution in [0.2, 0.25) is 0 Å². The molecule has 2 rings (SSSR count). The highest BCUT2D eigenvalue weighted by molar-refractivity contribution is 5.91. The van der Waals surface area contributed by atoms with Crippen LogP contribution in [-0.2, 0) is 11.3 Å². The van der Waals surface area contributed by atoms with Crippen molar-refractivity contribution in [1.29, 1.82) is 0 Å². The zero-order valence-electron chi connectivity index (χ0n) is 10.0. The lowest BCUT2D eigenvalue weighted by molar-refractivity contribution is -0.116. The average molecular weight is 255 g/mol. The highest BCUT2D eigenvalue weighted by Gasteiger charge is 2.24. The Balaban J connectivity index is 0.00000144. The Hall–Kier alpha value is -1.06. The second-order valence-corrected chi connectivity index (χ2v) is 4.38. The van der Waals surface area contributed by atoms with E-state index in [1.165, 1.54) is 12.8 Å². The molecule has 3 nitrogen and oxygen atoms in total. The number of carbonyl (C=O) groups is 1. The van der Waals surface area contributed by atoms with E-state index in [0.29, 0.717) is 12.3 Å². The molecule has 0 atom stereocenters. The molecule has 4 heteroatoms. The van der Waals surface area contributed by atoms with Crippen molar-refractivity contribution in [2.75, 3.05) is 12.4 Å². The minimum atomic E-state index is 0. The molecular formula is C13H19ClN2O. The molecule has 1 aromatic rings. The van der Waals surface area contributed by atoms with Crippen LogP contribution in [0.1, 0.15) is 24.8 Å². The summed E-state index contributed by atoms with van der Waals surface area (Å²) in [6.45, 7) is 0.778. The minimum absolute atomic E-state index is 0. The topological polar surface area (TPSA) is 41.1 Å². The fourth-order valence-electron chi connectivity index (χ4n) is 1.77. The lowest BCUT2D eigenvalue weighted by Gasteiger charge is -2.10. The zero-order chi connectivity index (χ0) is 11.4. The summed E-state index contributed by atoms with van der Waals surface area (Å²) in [5.41, 5.74) is 2.07. The molecule has 0 heterocycles. The Morgan fingerprint density at radius 3 is 2.71 bits per heavy atom. The third-order valence-electron chi connectivity index (χ3n) is 2.83.